The van der Waals surface area contributed by atoms with E-state index in [4.69, 9.17) is 4.74 Å². The van der Waals surface area contributed by atoms with E-state index in [1.165, 1.54) is 59.4 Å². The zero-order valence-corrected chi connectivity index (χ0v) is 30.8. The van der Waals surface area contributed by atoms with Crippen LogP contribution in [-0.4, -0.2) is 4.57 Å². The maximum absolute atomic E-state index is 6.34. The van der Waals surface area contributed by atoms with Crippen molar-refractivity contribution in [2.75, 3.05) is 0 Å². The molecule has 0 fully saturated rings. The van der Waals surface area contributed by atoms with Crippen LogP contribution in [0.4, 0.5) is 0 Å². The van der Waals surface area contributed by atoms with Crippen LogP contribution in [0.25, 0.3) is 73.0 Å². The summed E-state index contributed by atoms with van der Waals surface area (Å²) in [5.74, 6) is 1.73. The van der Waals surface area contributed by atoms with Crippen LogP contribution in [0.15, 0.2) is 204 Å². The molecule has 0 saturated carbocycles. The molecular formula is C52H35NOS. The first kappa shape index (κ1) is 32.8. The van der Waals surface area contributed by atoms with Gasteiger partial charge in [0.15, 0.2) is 0 Å². The Morgan fingerprint density at radius 3 is 1.91 bits per heavy atom. The van der Waals surface area contributed by atoms with Gasteiger partial charge in [-0.25, -0.2) is 0 Å². The lowest BCUT2D eigenvalue weighted by Gasteiger charge is -2.16. The molecule has 0 atom stereocenters. The molecule has 0 saturated heterocycles. The standard InChI is InChI=1S/C52H35NOS/c1-2-13-35-16-12-21-50-45(35)34-40-32-38(27-31-49(40)54-50)39-26-30-48-46(33-39)44-19-6-9-20-47(44)53(48)41-28-24-37(25-29-41)43-18-8-11-23-52(43)55-51-22-10-7-17-42(51)36-14-4-3-5-15-36/h2-34H,1H2/b35-13-. The highest BCUT2D eigenvalue weighted by atomic mass is 32.2. The van der Waals surface area contributed by atoms with Crippen LogP contribution in [0, 0.1) is 0 Å². The minimum atomic E-state index is 0.867. The second-order valence-corrected chi connectivity index (χ2v) is 14.8. The summed E-state index contributed by atoms with van der Waals surface area (Å²) >= 11 is 1.82. The third-order valence-electron chi connectivity index (χ3n) is 10.4. The highest BCUT2D eigenvalue weighted by molar-refractivity contribution is 7.99. The fourth-order valence-corrected chi connectivity index (χ4v) is 8.95. The van der Waals surface area contributed by atoms with Gasteiger partial charge in [0.1, 0.15) is 11.5 Å². The van der Waals surface area contributed by atoms with E-state index in [0.29, 0.717) is 0 Å². The van der Waals surface area contributed by atoms with Gasteiger partial charge in [0.2, 0.25) is 0 Å². The molecule has 55 heavy (non-hydrogen) atoms. The molecule has 2 nitrogen and oxygen atoms in total. The largest absolute Gasteiger partial charge is 0.456 e. The first-order valence-corrected chi connectivity index (χ1v) is 19.3. The van der Waals surface area contributed by atoms with Gasteiger partial charge in [0, 0.05) is 37.0 Å². The van der Waals surface area contributed by atoms with E-state index in [0.717, 1.165) is 38.8 Å². The van der Waals surface area contributed by atoms with Gasteiger partial charge in [-0.3, -0.25) is 0 Å². The van der Waals surface area contributed by atoms with Crippen LogP contribution in [-0.2, 0) is 0 Å². The van der Waals surface area contributed by atoms with Crippen LogP contribution in [0.3, 0.4) is 0 Å². The number of ether oxygens (including phenoxy) is 1. The molecule has 0 unspecified atom stereocenters. The molecule has 0 N–H and O–H groups in total. The Hall–Kier alpha value is -6.81. The Balaban J connectivity index is 1.01. The highest BCUT2D eigenvalue weighted by Gasteiger charge is 2.17. The summed E-state index contributed by atoms with van der Waals surface area (Å²) in [6.45, 7) is 3.90. The first-order chi connectivity index (χ1) is 27.2. The van der Waals surface area contributed by atoms with E-state index < -0.39 is 0 Å². The summed E-state index contributed by atoms with van der Waals surface area (Å²) in [4.78, 5) is 2.47. The zero-order valence-electron chi connectivity index (χ0n) is 30.0. The SMILES string of the molecule is C=C/C=c1/cccc2c1=Cc1cc(-c3ccc4c(c3)c3ccccc3n4-c3ccc(-c4ccccc4Sc4ccccc4-c4ccccc4)cc3)ccc1O2. The van der Waals surface area contributed by atoms with Crippen molar-refractivity contribution in [3.63, 3.8) is 0 Å². The van der Waals surface area contributed by atoms with Crippen molar-refractivity contribution < 1.29 is 4.74 Å². The predicted molar refractivity (Wildman–Crippen MR) is 232 cm³/mol. The molecular weight excluding hydrogens is 687 g/mol. The molecule has 1 aromatic heterocycles. The molecule has 0 bridgehead atoms. The van der Waals surface area contributed by atoms with E-state index in [9.17, 15) is 0 Å². The molecule has 2 heterocycles. The van der Waals surface area contributed by atoms with Gasteiger partial charge in [-0.05, 0) is 105 Å². The second kappa shape index (κ2) is 13.9. The van der Waals surface area contributed by atoms with Crippen molar-refractivity contribution in [3.8, 4) is 50.6 Å². The van der Waals surface area contributed by atoms with Crippen molar-refractivity contribution in [1.82, 2.24) is 4.57 Å². The highest BCUT2D eigenvalue weighted by Crippen LogP contribution is 2.42. The molecule has 0 radical (unpaired) electrons. The van der Waals surface area contributed by atoms with Crippen molar-refractivity contribution in [1.29, 1.82) is 0 Å². The fraction of sp³-hybridized carbons (Fsp3) is 0. The van der Waals surface area contributed by atoms with Crippen molar-refractivity contribution in [2.45, 2.75) is 9.79 Å². The average Bonchev–Trinajstić information content (AvgIpc) is 3.57. The number of allylic oxidation sites excluding steroid dienone is 1. The average molecular weight is 722 g/mol. The van der Waals surface area contributed by atoms with Gasteiger partial charge >= 0.3 is 0 Å². The Morgan fingerprint density at radius 2 is 1.13 bits per heavy atom. The number of rotatable bonds is 7. The van der Waals surface area contributed by atoms with E-state index in [1.54, 1.807) is 0 Å². The molecule has 0 aliphatic carbocycles. The summed E-state index contributed by atoms with van der Waals surface area (Å²) in [5.41, 5.74) is 11.8. The molecule has 3 heteroatoms. The van der Waals surface area contributed by atoms with E-state index in [2.05, 4.69) is 187 Å². The Morgan fingerprint density at radius 1 is 0.491 bits per heavy atom. The quantitative estimate of drug-likeness (QED) is 0.163. The molecule has 1 aliphatic rings. The van der Waals surface area contributed by atoms with Crippen LogP contribution < -0.4 is 15.2 Å². The van der Waals surface area contributed by atoms with Crippen molar-refractivity contribution in [3.05, 3.63) is 211 Å². The van der Waals surface area contributed by atoms with E-state index in [-0.39, 0.29) is 0 Å². The summed E-state index contributed by atoms with van der Waals surface area (Å²) in [5, 5.41) is 4.63. The maximum Gasteiger partial charge on any atom is 0.135 e. The Labute approximate surface area is 324 Å². The lowest BCUT2D eigenvalue weighted by Crippen LogP contribution is -2.27. The topological polar surface area (TPSA) is 14.2 Å². The number of hydrogen-bond donors (Lipinski definition) is 0. The Kier molecular flexibility index (Phi) is 8.28. The van der Waals surface area contributed by atoms with Gasteiger partial charge < -0.3 is 9.30 Å². The molecule has 1 aliphatic heterocycles. The third-order valence-corrected chi connectivity index (χ3v) is 11.6. The van der Waals surface area contributed by atoms with Crippen LogP contribution >= 0.6 is 11.8 Å². The molecule has 260 valence electrons. The van der Waals surface area contributed by atoms with Crippen molar-refractivity contribution in [2.24, 2.45) is 0 Å². The molecule has 0 amide bonds. The summed E-state index contributed by atoms with van der Waals surface area (Å²) in [6, 6.07) is 65.2. The second-order valence-electron chi connectivity index (χ2n) is 13.8. The van der Waals surface area contributed by atoms with E-state index in [1.807, 2.05) is 36.0 Å². The van der Waals surface area contributed by atoms with Crippen LogP contribution in [0.2, 0.25) is 0 Å². The summed E-state index contributed by atoms with van der Waals surface area (Å²) in [6.07, 6.45) is 6.07. The lowest BCUT2D eigenvalue weighted by atomic mass is 9.98. The minimum absolute atomic E-state index is 0.867. The van der Waals surface area contributed by atoms with Gasteiger partial charge in [-0.1, -0.05) is 152 Å². The number of benzene rings is 8. The fourth-order valence-electron chi connectivity index (χ4n) is 7.83. The molecule has 8 aromatic carbocycles. The molecule has 0 spiro atoms. The van der Waals surface area contributed by atoms with Gasteiger partial charge in [-0.15, -0.1) is 0 Å². The summed E-state index contributed by atoms with van der Waals surface area (Å²) < 4.78 is 8.72. The van der Waals surface area contributed by atoms with Gasteiger partial charge in [0.05, 0.1) is 11.0 Å². The number of para-hydroxylation sites is 1. The normalized spacial score (nSPS) is 12.2. The summed E-state index contributed by atoms with van der Waals surface area (Å²) in [7, 11) is 0. The number of hydrogen-bond acceptors (Lipinski definition) is 2. The number of fused-ring (bicyclic) bond motifs is 5. The molecule has 10 rings (SSSR count). The minimum Gasteiger partial charge on any atom is -0.456 e. The first-order valence-electron chi connectivity index (χ1n) is 18.5. The zero-order chi connectivity index (χ0) is 36.7. The van der Waals surface area contributed by atoms with E-state index >= 15 is 0 Å². The smallest absolute Gasteiger partial charge is 0.135 e. The Bertz CT molecular complexity index is 3050. The number of aromatic nitrogens is 1. The third kappa shape index (κ3) is 5.96. The molecule has 9 aromatic rings. The van der Waals surface area contributed by atoms with Crippen LogP contribution in [0.1, 0.15) is 5.56 Å². The predicted octanol–water partition coefficient (Wildman–Crippen LogP) is 12.8. The van der Waals surface area contributed by atoms with Crippen molar-refractivity contribution >= 4 is 45.7 Å². The monoisotopic (exact) mass is 721 g/mol. The lowest BCUT2D eigenvalue weighted by molar-refractivity contribution is 0.473. The maximum atomic E-state index is 6.34. The van der Waals surface area contributed by atoms with Crippen LogP contribution in [0.5, 0.6) is 11.5 Å². The van der Waals surface area contributed by atoms with Gasteiger partial charge in [0.25, 0.3) is 0 Å². The van der Waals surface area contributed by atoms with Gasteiger partial charge in [-0.2, -0.15) is 0 Å². The number of nitrogens with zero attached hydrogens (tertiary/aromatic N) is 1.